The van der Waals surface area contributed by atoms with Crippen molar-refractivity contribution in [2.75, 3.05) is 19.1 Å². The zero-order chi connectivity index (χ0) is 22.0. The van der Waals surface area contributed by atoms with Crippen LogP contribution < -0.4 is 14.4 Å². The Morgan fingerprint density at radius 1 is 1.03 bits per heavy atom. The molecule has 0 aliphatic carbocycles. The van der Waals surface area contributed by atoms with E-state index in [1.54, 1.807) is 37.3 Å². The SMILES string of the molecule is COc1ccc(C(=O)N(Cc2ccccc2)c2nc3c(C)cc(Cl)cc3s2)cc1OC. The van der Waals surface area contributed by atoms with Gasteiger partial charge in [-0.1, -0.05) is 53.3 Å². The van der Waals surface area contributed by atoms with Crippen LogP contribution in [0.4, 0.5) is 5.13 Å². The van der Waals surface area contributed by atoms with Crippen LogP contribution in [-0.2, 0) is 6.54 Å². The highest BCUT2D eigenvalue weighted by Crippen LogP contribution is 2.35. The largest absolute Gasteiger partial charge is 0.493 e. The summed E-state index contributed by atoms with van der Waals surface area (Å²) in [6.07, 6.45) is 0. The number of hydrogen-bond donors (Lipinski definition) is 0. The number of ether oxygens (including phenoxy) is 2. The van der Waals surface area contributed by atoms with E-state index in [9.17, 15) is 4.79 Å². The number of benzene rings is 3. The second-order valence-electron chi connectivity index (χ2n) is 7.01. The summed E-state index contributed by atoms with van der Waals surface area (Å²) in [5, 5.41) is 1.27. The number of aryl methyl sites for hydroxylation is 1. The van der Waals surface area contributed by atoms with Crippen LogP contribution in [0.3, 0.4) is 0 Å². The molecule has 158 valence electrons. The van der Waals surface area contributed by atoms with Crippen molar-refractivity contribution in [3.63, 3.8) is 0 Å². The Labute approximate surface area is 189 Å². The van der Waals surface area contributed by atoms with Crippen LogP contribution in [0.5, 0.6) is 11.5 Å². The molecule has 0 N–H and O–H groups in total. The number of rotatable bonds is 6. The molecule has 0 fully saturated rings. The number of anilines is 1. The summed E-state index contributed by atoms with van der Waals surface area (Å²) in [6, 6.07) is 18.8. The first-order chi connectivity index (χ1) is 15.0. The van der Waals surface area contributed by atoms with Crippen LogP contribution in [0.25, 0.3) is 10.2 Å². The molecule has 31 heavy (non-hydrogen) atoms. The molecular weight excluding hydrogens is 432 g/mol. The molecule has 7 heteroatoms. The van der Waals surface area contributed by atoms with Crippen LogP contribution in [0, 0.1) is 6.92 Å². The average Bonchev–Trinajstić information content (AvgIpc) is 3.21. The third-order valence-electron chi connectivity index (χ3n) is 4.93. The third-order valence-corrected chi connectivity index (χ3v) is 6.17. The van der Waals surface area contributed by atoms with Crippen molar-refractivity contribution in [1.82, 2.24) is 4.98 Å². The summed E-state index contributed by atoms with van der Waals surface area (Å²) >= 11 is 7.68. The zero-order valence-electron chi connectivity index (χ0n) is 17.4. The van der Waals surface area contributed by atoms with Gasteiger partial charge in [-0.2, -0.15) is 0 Å². The van der Waals surface area contributed by atoms with Crippen molar-refractivity contribution in [1.29, 1.82) is 0 Å². The smallest absolute Gasteiger partial charge is 0.260 e. The lowest BCUT2D eigenvalue weighted by molar-refractivity contribution is 0.0984. The number of fused-ring (bicyclic) bond motifs is 1. The summed E-state index contributed by atoms with van der Waals surface area (Å²) in [7, 11) is 3.11. The molecule has 4 rings (SSSR count). The third kappa shape index (κ3) is 4.36. The van der Waals surface area contributed by atoms with Crippen molar-refractivity contribution >= 4 is 44.2 Å². The number of amides is 1. The van der Waals surface area contributed by atoms with Crippen LogP contribution in [0.15, 0.2) is 60.7 Å². The lowest BCUT2D eigenvalue weighted by Crippen LogP contribution is -2.30. The fourth-order valence-corrected chi connectivity index (χ4v) is 4.79. The van der Waals surface area contributed by atoms with Gasteiger partial charge in [-0.05, 0) is 48.4 Å². The van der Waals surface area contributed by atoms with Gasteiger partial charge in [0.25, 0.3) is 5.91 Å². The number of aromatic nitrogens is 1. The molecule has 1 amide bonds. The molecular formula is C24H21ClN2O3S. The number of carbonyl (C=O) groups is 1. The molecule has 0 saturated heterocycles. The number of methoxy groups -OCH3 is 2. The average molecular weight is 453 g/mol. The van der Waals surface area contributed by atoms with Gasteiger partial charge in [0, 0.05) is 10.6 Å². The highest BCUT2D eigenvalue weighted by atomic mass is 35.5. The van der Waals surface area contributed by atoms with Gasteiger partial charge in [0.2, 0.25) is 0 Å². The molecule has 3 aromatic carbocycles. The van der Waals surface area contributed by atoms with Crippen LogP contribution in [0.1, 0.15) is 21.5 Å². The maximum Gasteiger partial charge on any atom is 0.260 e. The number of thiazole rings is 1. The Bertz CT molecular complexity index is 1240. The Kier molecular flexibility index (Phi) is 6.11. The predicted octanol–water partition coefficient (Wildman–Crippen LogP) is 6.12. The Hall–Kier alpha value is -3.09. The second kappa shape index (κ2) is 8.96. The van der Waals surface area contributed by atoms with Gasteiger partial charge in [0.05, 0.1) is 31.0 Å². The minimum atomic E-state index is -0.174. The molecule has 1 aromatic heterocycles. The van der Waals surface area contributed by atoms with Gasteiger partial charge < -0.3 is 9.47 Å². The van der Waals surface area contributed by atoms with Gasteiger partial charge in [-0.15, -0.1) is 0 Å². The molecule has 0 aliphatic heterocycles. The molecule has 0 saturated carbocycles. The summed E-state index contributed by atoms with van der Waals surface area (Å²) in [4.78, 5) is 20.1. The predicted molar refractivity (Wildman–Crippen MR) is 126 cm³/mol. The molecule has 4 aromatic rings. The van der Waals surface area contributed by atoms with Crippen molar-refractivity contribution in [3.8, 4) is 11.5 Å². The monoisotopic (exact) mass is 452 g/mol. The van der Waals surface area contributed by atoms with E-state index in [-0.39, 0.29) is 5.91 Å². The van der Waals surface area contributed by atoms with E-state index in [2.05, 4.69) is 0 Å². The van der Waals surface area contributed by atoms with Crippen molar-refractivity contribution in [2.24, 2.45) is 0 Å². The van der Waals surface area contributed by atoms with E-state index in [1.807, 2.05) is 49.4 Å². The van der Waals surface area contributed by atoms with Gasteiger partial charge in [0.15, 0.2) is 16.6 Å². The van der Waals surface area contributed by atoms with Gasteiger partial charge in [-0.3, -0.25) is 9.69 Å². The highest BCUT2D eigenvalue weighted by Gasteiger charge is 2.23. The molecule has 0 bridgehead atoms. The topological polar surface area (TPSA) is 51.7 Å². The molecule has 0 spiro atoms. The molecule has 0 atom stereocenters. The minimum absolute atomic E-state index is 0.174. The van der Waals surface area contributed by atoms with Crippen LogP contribution >= 0.6 is 22.9 Å². The first kappa shape index (κ1) is 21.2. The van der Waals surface area contributed by atoms with Crippen LogP contribution in [-0.4, -0.2) is 25.1 Å². The summed E-state index contributed by atoms with van der Waals surface area (Å²) < 4.78 is 11.6. The van der Waals surface area contributed by atoms with E-state index in [0.717, 1.165) is 21.3 Å². The number of nitrogens with zero attached hydrogens (tertiary/aromatic N) is 2. The fraction of sp³-hybridized carbons (Fsp3) is 0.167. The van der Waals surface area contributed by atoms with E-state index in [1.165, 1.54) is 11.3 Å². The quantitative estimate of drug-likeness (QED) is 0.353. The fourth-order valence-electron chi connectivity index (χ4n) is 3.38. The van der Waals surface area contributed by atoms with E-state index in [4.69, 9.17) is 26.1 Å². The molecule has 5 nitrogen and oxygen atoms in total. The zero-order valence-corrected chi connectivity index (χ0v) is 19.0. The van der Waals surface area contributed by atoms with E-state index < -0.39 is 0 Å². The maximum absolute atomic E-state index is 13.6. The Morgan fingerprint density at radius 3 is 2.48 bits per heavy atom. The van der Waals surface area contributed by atoms with Crippen LogP contribution in [0.2, 0.25) is 5.02 Å². The van der Waals surface area contributed by atoms with Gasteiger partial charge in [0.1, 0.15) is 0 Å². The Morgan fingerprint density at radius 2 is 1.77 bits per heavy atom. The number of carbonyl (C=O) groups excluding carboxylic acids is 1. The van der Waals surface area contributed by atoms with E-state index in [0.29, 0.717) is 33.8 Å². The first-order valence-electron chi connectivity index (χ1n) is 9.64. The molecule has 0 radical (unpaired) electrons. The van der Waals surface area contributed by atoms with Crippen molar-refractivity contribution in [3.05, 3.63) is 82.4 Å². The Balaban J connectivity index is 1.79. The summed E-state index contributed by atoms with van der Waals surface area (Å²) in [5.41, 5.74) is 3.32. The van der Waals surface area contributed by atoms with Crippen molar-refractivity contribution < 1.29 is 14.3 Å². The van der Waals surface area contributed by atoms with Gasteiger partial charge in [-0.25, -0.2) is 4.98 Å². The minimum Gasteiger partial charge on any atom is -0.493 e. The molecule has 1 heterocycles. The second-order valence-corrected chi connectivity index (χ2v) is 8.46. The summed E-state index contributed by atoms with van der Waals surface area (Å²) in [5.74, 6) is 0.895. The molecule has 0 aliphatic rings. The molecule has 0 unspecified atom stereocenters. The standard InChI is InChI=1S/C24H21ClN2O3S/c1-15-11-18(25)13-21-22(15)26-24(31-21)27(14-16-7-5-4-6-8-16)23(28)17-9-10-19(29-2)20(12-17)30-3/h4-13H,14H2,1-3H3. The lowest BCUT2D eigenvalue weighted by atomic mass is 10.1. The first-order valence-corrected chi connectivity index (χ1v) is 10.8. The maximum atomic E-state index is 13.6. The normalized spacial score (nSPS) is 10.8. The summed E-state index contributed by atoms with van der Waals surface area (Å²) in [6.45, 7) is 2.36. The number of halogens is 1. The van der Waals surface area contributed by atoms with Gasteiger partial charge >= 0.3 is 0 Å². The highest BCUT2D eigenvalue weighted by molar-refractivity contribution is 7.22. The van der Waals surface area contributed by atoms with E-state index >= 15 is 0 Å². The lowest BCUT2D eigenvalue weighted by Gasteiger charge is -2.21. The number of hydrogen-bond acceptors (Lipinski definition) is 5. The van der Waals surface area contributed by atoms with Crippen molar-refractivity contribution in [2.45, 2.75) is 13.5 Å².